The number of ether oxygens (including phenoxy) is 2. The van der Waals surface area contributed by atoms with Gasteiger partial charge in [-0.1, -0.05) is 48.5 Å². The molecule has 35 heavy (non-hydrogen) atoms. The molecule has 1 heterocycles. The van der Waals surface area contributed by atoms with Crippen molar-refractivity contribution in [1.82, 2.24) is 4.90 Å². The summed E-state index contributed by atoms with van der Waals surface area (Å²) in [5.74, 6) is 1.40. The Bertz CT molecular complexity index is 1260. The second-order valence-electron chi connectivity index (χ2n) is 7.90. The summed E-state index contributed by atoms with van der Waals surface area (Å²) >= 11 is 0. The fourth-order valence-electron chi connectivity index (χ4n) is 3.85. The topological polar surface area (TPSA) is 89.6 Å². The highest BCUT2D eigenvalue weighted by Crippen LogP contribution is 2.30. The van der Waals surface area contributed by atoms with Crippen molar-refractivity contribution in [2.24, 2.45) is 0 Å². The van der Waals surface area contributed by atoms with Crippen molar-refractivity contribution in [3.8, 4) is 23.6 Å². The predicted octanol–water partition coefficient (Wildman–Crippen LogP) is 5.63. The van der Waals surface area contributed by atoms with Crippen molar-refractivity contribution >= 4 is 11.8 Å². The van der Waals surface area contributed by atoms with Crippen molar-refractivity contribution in [1.29, 1.82) is 10.5 Å². The summed E-state index contributed by atoms with van der Waals surface area (Å²) in [5.41, 5.74) is 2.84. The van der Waals surface area contributed by atoms with Crippen LogP contribution in [0.3, 0.4) is 0 Å². The minimum absolute atomic E-state index is 0.0812. The molecule has 7 heteroatoms. The zero-order valence-electron chi connectivity index (χ0n) is 19.1. The van der Waals surface area contributed by atoms with Crippen LogP contribution in [-0.2, 0) is 11.3 Å². The van der Waals surface area contributed by atoms with Gasteiger partial charge in [-0.3, -0.25) is 0 Å². The summed E-state index contributed by atoms with van der Waals surface area (Å²) in [6.45, 7) is 0.784. The third-order valence-corrected chi connectivity index (χ3v) is 5.60. The molecule has 4 rings (SSSR count). The number of amides is 1. The highest BCUT2D eigenvalue weighted by atomic mass is 16.6. The summed E-state index contributed by atoms with van der Waals surface area (Å²) < 4.78 is 11.3. The molecule has 3 aromatic carbocycles. The van der Waals surface area contributed by atoms with Gasteiger partial charge in [0.05, 0.1) is 24.3 Å². The van der Waals surface area contributed by atoms with E-state index in [4.69, 9.17) is 9.47 Å². The molecule has 1 amide bonds. The van der Waals surface area contributed by atoms with Crippen LogP contribution in [0.15, 0.2) is 96.2 Å². The van der Waals surface area contributed by atoms with Crippen LogP contribution in [0.1, 0.15) is 12.0 Å². The molecule has 0 unspecified atom stereocenters. The highest BCUT2D eigenvalue weighted by molar-refractivity contribution is 5.69. The van der Waals surface area contributed by atoms with Crippen molar-refractivity contribution in [2.45, 2.75) is 13.0 Å². The molecule has 0 atom stereocenters. The van der Waals surface area contributed by atoms with Crippen molar-refractivity contribution in [3.05, 3.63) is 102 Å². The lowest BCUT2D eigenvalue weighted by Gasteiger charge is -2.33. The third-order valence-electron chi connectivity index (χ3n) is 5.60. The molecular weight excluding hydrogens is 440 g/mol. The minimum atomic E-state index is -0.463. The van der Waals surface area contributed by atoms with E-state index < -0.39 is 6.09 Å². The molecule has 0 saturated carbocycles. The quantitative estimate of drug-likeness (QED) is 0.421. The Morgan fingerprint density at radius 3 is 2.23 bits per heavy atom. The van der Waals surface area contributed by atoms with E-state index in [0.29, 0.717) is 24.3 Å². The van der Waals surface area contributed by atoms with Gasteiger partial charge in [-0.15, -0.1) is 0 Å². The highest BCUT2D eigenvalue weighted by Gasteiger charge is 2.27. The first-order valence-corrected chi connectivity index (χ1v) is 11.2. The number of nitrogens with zero attached hydrogens (tertiary/aromatic N) is 4. The van der Waals surface area contributed by atoms with E-state index in [2.05, 4.69) is 12.1 Å². The monoisotopic (exact) mass is 464 g/mol. The molecule has 0 fully saturated rings. The van der Waals surface area contributed by atoms with Crippen molar-refractivity contribution in [2.75, 3.05) is 24.5 Å². The van der Waals surface area contributed by atoms with E-state index in [1.165, 1.54) is 4.90 Å². The van der Waals surface area contributed by atoms with Gasteiger partial charge in [-0.25, -0.2) is 4.79 Å². The number of nitriles is 2. The van der Waals surface area contributed by atoms with Gasteiger partial charge in [0, 0.05) is 24.4 Å². The van der Waals surface area contributed by atoms with Gasteiger partial charge in [0.15, 0.2) is 0 Å². The van der Waals surface area contributed by atoms with E-state index in [9.17, 15) is 15.3 Å². The summed E-state index contributed by atoms with van der Waals surface area (Å²) in [6.07, 6.45) is -0.0253. The summed E-state index contributed by atoms with van der Waals surface area (Å²) in [4.78, 5) is 15.9. The fourth-order valence-corrected chi connectivity index (χ4v) is 3.85. The average Bonchev–Trinajstić information content (AvgIpc) is 2.92. The summed E-state index contributed by atoms with van der Waals surface area (Å²) in [7, 11) is 0. The number of benzene rings is 3. The smallest absolute Gasteiger partial charge is 0.410 e. The molecule has 0 saturated heterocycles. The number of rotatable bonds is 7. The maximum atomic E-state index is 12.6. The SMILES string of the molecule is N#CCN(C1=C(C#N)CN(C(=O)OCc2ccccc2)CC1)c1ccc(Oc2ccccc2)cc1. The summed E-state index contributed by atoms with van der Waals surface area (Å²) in [5, 5.41) is 19.3. The standard InChI is InChI=1S/C28H24N4O3/c29-16-18-32(24-11-13-26(14-12-24)35-25-9-5-2-6-10-25)27-15-17-31(20-23(27)19-30)28(33)34-21-22-7-3-1-4-8-22/h1-14H,15,17-18,20-21H2. The largest absolute Gasteiger partial charge is 0.457 e. The Labute approximate surface area is 204 Å². The number of carbonyl (C=O) groups excluding carboxylic acids is 1. The van der Waals surface area contributed by atoms with Crippen molar-refractivity contribution in [3.63, 3.8) is 0 Å². The second-order valence-corrected chi connectivity index (χ2v) is 7.90. The van der Waals surface area contributed by atoms with Gasteiger partial charge in [0.1, 0.15) is 24.7 Å². The van der Waals surface area contributed by atoms with E-state index >= 15 is 0 Å². The van der Waals surface area contributed by atoms with Crippen LogP contribution in [0.4, 0.5) is 10.5 Å². The minimum Gasteiger partial charge on any atom is -0.457 e. The Balaban J connectivity index is 1.46. The zero-order chi connectivity index (χ0) is 24.5. The molecule has 0 spiro atoms. The Morgan fingerprint density at radius 1 is 0.914 bits per heavy atom. The number of anilines is 1. The maximum absolute atomic E-state index is 12.6. The maximum Gasteiger partial charge on any atom is 0.410 e. The van der Waals surface area contributed by atoms with Gasteiger partial charge in [0.25, 0.3) is 0 Å². The first-order valence-electron chi connectivity index (χ1n) is 11.2. The van der Waals surface area contributed by atoms with Crippen LogP contribution >= 0.6 is 0 Å². The lowest BCUT2D eigenvalue weighted by atomic mass is 10.0. The second kappa shape index (κ2) is 11.4. The van der Waals surface area contributed by atoms with Gasteiger partial charge in [-0.05, 0) is 42.0 Å². The van der Waals surface area contributed by atoms with Crippen LogP contribution in [0.2, 0.25) is 0 Å². The predicted molar refractivity (Wildman–Crippen MR) is 131 cm³/mol. The average molecular weight is 465 g/mol. The van der Waals surface area contributed by atoms with Gasteiger partial charge in [-0.2, -0.15) is 10.5 Å². The first-order chi connectivity index (χ1) is 17.2. The van der Waals surface area contributed by atoms with Gasteiger partial charge < -0.3 is 19.3 Å². The molecule has 1 aliphatic rings. The molecule has 1 aliphatic heterocycles. The van der Waals surface area contributed by atoms with E-state index in [0.717, 1.165) is 22.7 Å². The Kier molecular flexibility index (Phi) is 7.63. The molecule has 7 nitrogen and oxygen atoms in total. The third kappa shape index (κ3) is 5.98. The zero-order valence-corrected chi connectivity index (χ0v) is 19.1. The number of hydrogen-bond donors (Lipinski definition) is 0. The summed E-state index contributed by atoms with van der Waals surface area (Å²) in [6, 6.07) is 30.7. The molecule has 0 bridgehead atoms. The fraction of sp³-hybridized carbons (Fsp3) is 0.179. The van der Waals surface area contributed by atoms with Crippen LogP contribution in [0, 0.1) is 22.7 Å². The van der Waals surface area contributed by atoms with Crippen LogP contribution < -0.4 is 9.64 Å². The number of hydrogen-bond acceptors (Lipinski definition) is 6. The van der Waals surface area contributed by atoms with Crippen molar-refractivity contribution < 1.29 is 14.3 Å². The van der Waals surface area contributed by atoms with E-state index in [-0.39, 0.29) is 19.7 Å². The molecule has 3 aromatic rings. The molecule has 0 aromatic heterocycles. The van der Waals surface area contributed by atoms with Gasteiger partial charge in [0.2, 0.25) is 0 Å². The van der Waals surface area contributed by atoms with Crippen LogP contribution in [-0.4, -0.2) is 30.6 Å². The molecule has 0 radical (unpaired) electrons. The molecule has 0 N–H and O–H groups in total. The van der Waals surface area contributed by atoms with Crippen LogP contribution in [0.5, 0.6) is 11.5 Å². The van der Waals surface area contributed by atoms with Crippen LogP contribution in [0.25, 0.3) is 0 Å². The molecule has 174 valence electrons. The molecular formula is C28H24N4O3. The lowest BCUT2D eigenvalue weighted by molar-refractivity contribution is 0.0981. The van der Waals surface area contributed by atoms with E-state index in [1.54, 1.807) is 0 Å². The number of carbonyl (C=O) groups is 1. The first kappa shape index (κ1) is 23.4. The number of para-hydroxylation sites is 1. The normalized spacial score (nSPS) is 12.9. The van der Waals surface area contributed by atoms with E-state index in [1.807, 2.05) is 89.8 Å². The van der Waals surface area contributed by atoms with Gasteiger partial charge >= 0.3 is 6.09 Å². The Morgan fingerprint density at radius 2 is 1.57 bits per heavy atom. The lowest BCUT2D eigenvalue weighted by Crippen LogP contribution is -2.40. The Hall–Kier alpha value is -4.75. The molecule has 0 aliphatic carbocycles.